The van der Waals surface area contributed by atoms with Gasteiger partial charge in [-0.15, -0.1) is 0 Å². The van der Waals surface area contributed by atoms with Gasteiger partial charge in [-0.1, -0.05) is 18.2 Å². The molecule has 0 aliphatic rings. The van der Waals surface area contributed by atoms with E-state index in [0.29, 0.717) is 11.5 Å². The summed E-state index contributed by atoms with van der Waals surface area (Å²) in [5, 5.41) is 3.97. The van der Waals surface area contributed by atoms with Gasteiger partial charge in [0.05, 0.1) is 6.26 Å². The summed E-state index contributed by atoms with van der Waals surface area (Å²) in [6.45, 7) is 5.56. The van der Waals surface area contributed by atoms with Crippen LogP contribution >= 0.6 is 0 Å². The lowest BCUT2D eigenvalue weighted by molar-refractivity contribution is -0.123. The number of nitrogens with zero attached hydrogens (tertiary/aromatic N) is 1. The minimum absolute atomic E-state index is 0.0827. The molecule has 0 saturated carbocycles. The Bertz CT molecular complexity index is 625. The summed E-state index contributed by atoms with van der Waals surface area (Å²) in [6.07, 6.45) is 1.56. The van der Waals surface area contributed by atoms with Crippen molar-refractivity contribution in [3.8, 4) is 5.75 Å². The highest BCUT2D eigenvalue weighted by atomic mass is 16.5. The van der Waals surface area contributed by atoms with Gasteiger partial charge < -0.3 is 9.15 Å². The van der Waals surface area contributed by atoms with Crippen LogP contribution in [0.25, 0.3) is 0 Å². The van der Waals surface area contributed by atoms with E-state index in [2.05, 4.69) is 10.5 Å². The molecule has 0 unspecified atom stereocenters. The fourth-order valence-corrected chi connectivity index (χ4v) is 1.88. The lowest BCUT2D eigenvalue weighted by Crippen LogP contribution is -2.25. The Balaban J connectivity index is 1.90. The molecule has 5 heteroatoms. The summed E-state index contributed by atoms with van der Waals surface area (Å²) in [4.78, 5) is 11.7. The maximum absolute atomic E-state index is 11.7. The molecule has 110 valence electrons. The van der Waals surface area contributed by atoms with E-state index in [1.807, 2.05) is 32.0 Å². The SMILES string of the molecule is C/C(=N\NC(=O)COc1c(C)cccc1C)c1ccco1. The lowest BCUT2D eigenvalue weighted by atomic mass is 10.1. The molecule has 0 atom stereocenters. The largest absolute Gasteiger partial charge is 0.483 e. The van der Waals surface area contributed by atoms with Crippen LogP contribution in [0.2, 0.25) is 0 Å². The first-order valence-electron chi connectivity index (χ1n) is 6.64. The predicted octanol–water partition coefficient (Wildman–Crippen LogP) is 2.82. The van der Waals surface area contributed by atoms with Crippen molar-refractivity contribution in [1.82, 2.24) is 5.43 Å². The molecule has 2 rings (SSSR count). The molecule has 0 spiro atoms. The predicted molar refractivity (Wildman–Crippen MR) is 80.5 cm³/mol. The van der Waals surface area contributed by atoms with Gasteiger partial charge in [0.15, 0.2) is 6.61 Å². The molecule has 0 radical (unpaired) electrons. The van der Waals surface area contributed by atoms with Crippen LogP contribution in [0.3, 0.4) is 0 Å². The van der Waals surface area contributed by atoms with E-state index < -0.39 is 0 Å². The van der Waals surface area contributed by atoms with Gasteiger partial charge in [0.2, 0.25) is 0 Å². The van der Waals surface area contributed by atoms with Crippen molar-refractivity contribution in [2.45, 2.75) is 20.8 Å². The Morgan fingerprint density at radius 1 is 1.24 bits per heavy atom. The van der Waals surface area contributed by atoms with Crippen molar-refractivity contribution in [3.63, 3.8) is 0 Å². The average molecular weight is 286 g/mol. The first-order chi connectivity index (χ1) is 10.1. The minimum atomic E-state index is -0.316. The third-order valence-electron chi connectivity index (χ3n) is 2.98. The van der Waals surface area contributed by atoms with Crippen molar-refractivity contribution in [1.29, 1.82) is 0 Å². The summed E-state index contributed by atoms with van der Waals surface area (Å²) in [5.41, 5.74) is 5.04. The minimum Gasteiger partial charge on any atom is -0.483 e. The second-order valence-corrected chi connectivity index (χ2v) is 4.72. The van der Waals surface area contributed by atoms with E-state index in [9.17, 15) is 4.79 Å². The quantitative estimate of drug-likeness (QED) is 0.679. The van der Waals surface area contributed by atoms with Gasteiger partial charge in [0, 0.05) is 0 Å². The van der Waals surface area contributed by atoms with Crippen molar-refractivity contribution in [3.05, 3.63) is 53.5 Å². The van der Waals surface area contributed by atoms with E-state index in [1.54, 1.807) is 25.3 Å². The zero-order valence-electron chi connectivity index (χ0n) is 12.3. The van der Waals surface area contributed by atoms with Crippen LogP contribution in [0.1, 0.15) is 23.8 Å². The van der Waals surface area contributed by atoms with Gasteiger partial charge in [0.1, 0.15) is 17.2 Å². The van der Waals surface area contributed by atoms with Gasteiger partial charge in [-0.2, -0.15) is 5.10 Å². The second-order valence-electron chi connectivity index (χ2n) is 4.72. The number of hydrogen-bond donors (Lipinski definition) is 1. The number of para-hydroxylation sites is 1. The molecule has 0 aliphatic carbocycles. The number of ether oxygens (including phenoxy) is 1. The maximum Gasteiger partial charge on any atom is 0.277 e. The average Bonchev–Trinajstić information content (AvgIpc) is 2.98. The molecule has 1 aromatic heterocycles. The molecular formula is C16H18N2O3. The van der Waals surface area contributed by atoms with Gasteiger partial charge in [-0.25, -0.2) is 5.43 Å². The molecule has 2 aromatic rings. The fourth-order valence-electron chi connectivity index (χ4n) is 1.88. The Morgan fingerprint density at radius 2 is 1.95 bits per heavy atom. The third-order valence-corrected chi connectivity index (χ3v) is 2.98. The third kappa shape index (κ3) is 3.95. The monoisotopic (exact) mass is 286 g/mol. The number of carbonyl (C=O) groups is 1. The second kappa shape index (κ2) is 6.74. The molecule has 1 heterocycles. The molecule has 0 fully saturated rings. The Labute approximate surface area is 123 Å². The van der Waals surface area contributed by atoms with Crippen LogP contribution in [0.4, 0.5) is 0 Å². The molecule has 1 N–H and O–H groups in total. The van der Waals surface area contributed by atoms with E-state index >= 15 is 0 Å². The van der Waals surface area contributed by atoms with Crippen LogP contribution in [0.15, 0.2) is 46.1 Å². The van der Waals surface area contributed by atoms with E-state index in [-0.39, 0.29) is 12.5 Å². The number of aryl methyl sites for hydroxylation is 2. The highest BCUT2D eigenvalue weighted by Gasteiger charge is 2.07. The van der Waals surface area contributed by atoms with E-state index in [4.69, 9.17) is 9.15 Å². The van der Waals surface area contributed by atoms with Crippen LogP contribution in [-0.4, -0.2) is 18.2 Å². The van der Waals surface area contributed by atoms with Crippen LogP contribution in [0.5, 0.6) is 5.75 Å². The maximum atomic E-state index is 11.7. The highest BCUT2D eigenvalue weighted by molar-refractivity contribution is 5.96. The summed E-state index contributed by atoms with van der Waals surface area (Å²) in [6, 6.07) is 9.38. The molecule has 1 aromatic carbocycles. The molecule has 1 amide bonds. The van der Waals surface area contributed by atoms with Gasteiger partial charge in [-0.05, 0) is 44.0 Å². The summed E-state index contributed by atoms with van der Waals surface area (Å²) in [5.74, 6) is 1.04. The number of furan rings is 1. The van der Waals surface area contributed by atoms with Crippen molar-refractivity contribution < 1.29 is 13.9 Å². The number of hydrogen-bond acceptors (Lipinski definition) is 4. The van der Waals surface area contributed by atoms with Crippen molar-refractivity contribution in [2.75, 3.05) is 6.61 Å². The first kappa shape index (κ1) is 14.8. The zero-order valence-corrected chi connectivity index (χ0v) is 12.3. The molecule has 0 bridgehead atoms. The summed E-state index contributed by atoms with van der Waals surface area (Å²) >= 11 is 0. The number of hydrazone groups is 1. The number of carbonyl (C=O) groups excluding carboxylic acids is 1. The molecule has 21 heavy (non-hydrogen) atoms. The Morgan fingerprint density at radius 3 is 2.57 bits per heavy atom. The normalized spacial score (nSPS) is 11.3. The Kier molecular flexibility index (Phi) is 4.77. The molecule has 0 saturated heterocycles. The van der Waals surface area contributed by atoms with Crippen LogP contribution < -0.4 is 10.2 Å². The smallest absolute Gasteiger partial charge is 0.277 e. The summed E-state index contributed by atoms with van der Waals surface area (Å²) in [7, 11) is 0. The first-order valence-corrected chi connectivity index (χ1v) is 6.64. The van der Waals surface area contributed by atoms with Gasteiger partial charge in [-0.3, -0.25) is 4.79 Å². The number of amides is 1. The van der Waals surface area contributed by atoms with E-state index in [0.717, 1.165) is 16.9 Å². The van der Waals surface area contributed by atoms with Gasteiger partial charge in [0.25, 0.3) is 5.91 Å². The van der Waals surface area contributed by atoms with E-state index in [1.165, 1.54) is 0 Å². The number of nitrogens with one attached hydrogen (secondary N) is 1. The molecular weight excluding hydrogens is 268 g/mol. The van der Waals surface area contributed by atoms with Crippen molar-refractivity contribution in [2.24, 2.45) is 5.10 Å². The fraction of sp³-hybridized carbons (Fsp3) is 0.250. The summed E-state index contributed by atoms with van der Waals surface area (Å²) < 4.78 is 10.7. The van der Waals surface area contributed by atoms with Crippen LogP contribution in [-0.2, 0) is 4.79 Å². The molecule has 0 aliphatic heterocycles. The Hall–Kier alpha value is -2.56. The van der Waals surface area contributed by atoms with Crippen LogP contribution in [0, 0.1) is 13.8 Å². The number of rotatable bonds is 5. The van der Waals surface area contributed by atoms with Gasteiger partial charge >= 0.3 is 0 Å². The topological polar surface area (TPSA) is 63.8 Å². The molecule has 5 nitrogen and oxygen atoms in total. The van der Waals surface area contributed by atoms with Crippen molar-refractivity contribution >= 4 is 11.6 Å². The number of benzene rings is 1. The highest BCUT2D eigenvalue weighted by Crippen LogP contribution is 2.21. The lowest BCUT2D eigenvalue weighted by Gasteiger charge is -2.10. The zero-order chi connectivity index (χ0) is 15.2. The standard InChI is InChI=1S/C16H18N2O3/c1-11-6-4-7-12(2)16(11)21-10-15(19)18-17-13(3)14-8-5-9-20-14/h4-9H,10H2,1-3H3,(H,18,19)/b17-13+.